The number of nitriles is 1. The SMILES string of the molecule is CC1(C#N)COCc2ccc(C(=O)NCc3cc(SCc4ccccc4)ccn3)cc21. The summed E-state index contributed by atoms with van der Waals surface area (Å²) < 4.78 is 5.53. The number of pyridine rings is 1. The predicted octanol–water partition coefficient (Wildman–Crippen LogP) is 4.62. The van der Waals surface area contributed by atoms with Gasteiger partial charge in [0.25, 0.3) is 5.91 Å². The van der Waals surface area contributed by atoms with E-state index in [0.29, 0.717) is 25.3 Å². The number of carbonyl (C=O) groups excluding carboxylic acids is 1. The Morgan fingerprint density at radius 1 is 1.23 bits per heavy atom. The van der Waals surface area contributed by atoms with Crippen LogP contribution in [0.3, 0.4) is 0 Å². The molecule has 1 atom stereocenters. The molecule has 1 aliphatic heterocycles. The molecule has 1 aromatic heterocycles. The molecule has 6 heteroatoms. The van der Waals surface area contributed by atoms with Crippen LogP contribution in [0, 0.1) is 11.3 Å². The number of nitrogens with zero attached hydrogens (tertiary/aromatic N) is 2. The lowest BCUT2D eigenvalue weighted by molar-refractivity contribution is 0.0757. The molecule has 1 unspecified atom stereocenters. The highest BCUT2D eigenvalue weighted by Crippen LogP contribution is 2.32. The van der Waals surface area contributed by atoms with Gasteiger partial charge in [-0.2, -0.15) is 5.26 Å². The average molecular weight is 430 g/mol. The van der Waals surface area contributed by atoms with Crippen molar-refractivity contribution < 1.29 is 9.53 Å². The Hall–Kier alpha value is -3.14. The Morgan fingerprint density at radius 3 is 2.87 bits per heavy atom. The fourth-order valence-corrected chi connectivity index (χ4v) is 4.45. The first-order valence-corrected chi connectivity index (χ1v) is 11.1. The highest BCUT2D eigenvalue weighted by Gasteiger charge is 2.33. The molecule has 3 aromatic rings. The van der Waals surface area contributed by atoms with Gasteiger partial charge in [-0.15, -0.1) is 11.8 Å². The molecule has 0 fully saturated rings. The van der Waals surface area contributed by atoms with E-state index < -0.39 is 5.41 Å². The van der Waals surface area contributed by atoms with Crippen LogP contribution in [0.2, 0.25) is 0 Å². The lowest BCUT2D eigenvalue weighted by Crippen LogP contribution is -2.33. The van der Waals surface area contributed by atoms with Crippen LogP contribution in [0.15, 0.2) is 71.8 Å². The molecule has 1 amide bonds. The summed E-state index contributed by atoms with van der Waals surface area (Å²) in [7, 11) is 0. The molecule has 0 aliphatic carbocycles. The highest BCUT2D eigenvalue weighted by atomic mass is 32.2. The molecule has 4 rings (SSSR count). The van der Waals surface area contributed by atoms with E-state index in [2.05, 4.69) is 28.5 Å². The lowest BCUT2D eigenvalue weighted by atomic mass is 9.79. The van der Waals surface area contributed by atoms with Gasteiger partial charge in [-0.3, -0.25) is 9.78 Å². The number of thioether (sulfide) groups is 1. The zero-order chi connectivity index (χ0) is 21.7. The van der Waals surface area contributed by atoms with E-state index in [0.717, 1.165) is 27.5 Å². The zero-order valence-electron chi connectivity index (χ0n) is 17.3. The number of fused-ring (bicyclic) bond motifs is 1. The molecule has 31 heavy (non-hydrogen) atoms. The molecule has 2 heterocycles. The summed E-state index contributed by atoms with van der Waals surface area (Å²) in [6, 6.07) is 22.1. The smallest absolute Gasteiger partial charge is 0.251 e. The summed E-state index contributed by atoms with van der Waals surface area (Å²) in [4.78, 5) is 18.2. The number of hydrogen-bond donors (Lipinski definition) is 1. The van der Waals surface area contributed by atoms with Gasteiger partial charge in [0.1, 0.15) is 5.41 Å². The number of hydrogen-bond acceptors (Lipinski definition) is 5. The van der Waals surface area contributed by atoms with Gasteiger partial charge in [0.15, 0.2) is 0 Å². The van der Waals surface area contributed by atoms with Crippen LogP contribution >= 0.6 is 11.8 Å². The highest BCUT2D eigenvalue weighted by molar-refractivity contribution is 7.98. The molecule has 0 radical (unpaired) electrons. The molecule has 5 nitrogen and oxygen atoms in total. The lowest BCUT2D eigenvalue weighted by Gasteiger charge is -2.30. The van der Waals surface area contributed by atoms with Crippen molar-refractivity contribution in [3.8, 4) is 6.07 Å². The quantitative estimate of drug-likeness (QED) is 0.579. The molecule has 156 valence electrons. The molecule has 1 aliphatic rings. The summed E-state index contributed by atoms with van der Waals surface area (Å²) in [5.41, 5.74) is 3.69. The number of rotatable bonds is 6. The van der Waals surface area contributed by atoms with E-state index in [1.54, 1.807) is 24.0 Å². The van der Waals surface area contributed by atoms with Crippen molar-refractivity contribution in [2.45, 2.75) is 36.1 Å². The Kier molecular flexibility index (Phi) is 6.36. The minimum absolute atomic E-state index is 0.182. The largest absolute Gasteiger partial charge is 0.375 e. The van der Waals surface area contributed by atoms with Crippen LogP contribution in [0.4, 0.5) is 0 Å². The van der Waals surface area contributed by atoms with Crippen LogP contribution in [0.25, 0.3) is 0 Å². The maximum absolute atomic E-state index is 12.7. The van der Waals surface area contributed by atoms with Gasteiger partial charge < -0.3 is 10.1 Å². The Morgan fingerprint density at radius 2 is 2.06 bits per heavy atom. The van der Waals surface area contributed by atoms with E-state index >= 15 is 0 Å². The second-order valence-corrected chi connectivity index (χ2v) is 8.80. The van der Waals surface area contributed by atoms with Crippen molar-refractivity contribution in [2.75, 3.05) is 6.61 Å². The predicted molar refractivity (Wildman–Crippen MR) is 120 cm³/mol. The van der Waals surface area contributed by atoms with Gasteiger partial charge in [0, 0.05) is 22.4 Å². The molecule has 0 bridgehead atoms. The average Bonchev–Trinajstić information content (AvgIpc) is 2.82. The third-order valence-corrected chi connectivity index (χ3v) is 6.39. The summed E-state index contributed by atoms with van der Waals surface area (Å²) >= 11 is 1.74. The first-order chi connectivity index (χ1) is 15.1. The number of amides is 1. The molecule has 0 spiro atoms. The summed E-state index contributed by atoms with van der Waals surface area (Å²) in [6.07, 6.45) is 1.77. The van der Waals surface area contributed by atoms with E-state index in [9.17, 15) is 10.1 Å². The number of benzene rings is 2. The molecular weight excluding hydrogens is 406 g/mol. The zero-order valence-corrected chi connectivity index (χ0v) is 18.1. The van der Waals surface area contributed by atoms with E-state index in [1.165, 1.54) is 5.56 Å². The second kappa shape index (κ2) is 9.34. The van der Waals surface area contributed by atoms with Gasteiger partial charge in [-0.1, -0.05) is 36.4 Å². The summed E-state index contributed by atoms with van der Waals surface area (Å²) in [5.74, 6) is 0.700. The molecule has 0 saturated carbocycles. The van der Waals surface area contributed by atoms with Crippen molar-refractivity contribution in [1.82, 2.24) is 10.3 Å². The minimum Gasteiger partial charge on any atom is -0.375 e. The van der Waals surface area contributed by atoms with E-state index in [1.807, 2.05) is 49.4 Å². The van der Waals surface area contributed by atoms with Crippen molar-refractivity contribution in [3.63, 3.8) is 0 Å². The van der Waals surface area contributed by atoms with Gasteiger partial charge in [0.2, 0.25) is 0 Å². The standard InChI is InChI=1S/C25H23N3O2S/c1-25(16-26)17-30-14-20-8-7-19(11-23(20)25)24(29)28-13-21-12-22(9-10-27-21)31-15-18-5-3-2-4-6-18/h2-12H,13-15,17H2,1H3,(H,28,29). The maximum Gasteiger partial charge on any atom is 0.251 e. The van der Waals surface area contributed by atoms with Crippen LogP contribution in [0.1, 0.15) is 39.7 Å². The number of carbonyl (C=O) groups is 1. The Labute approximate surface area is 186 Å². The molecule has 1 N–H and O–H groups in total. The van der Waals surface area contributed by atoms with Crippen LogP contribution in [0.5, 0.6) is 0 Å². The normalized spacial score (nSPS) is 17.4. The van der Waals surface area contributed by atoms with Gasteiger partial charge >= 0.3 is 0 Å². The molecule has 0 saturated heterocycles. The monoisotopic (exact) mass is 429 g/mol. The first-order valence-electron chi connectivity index (χ1n) is 10.1. The van der Waals surface area contributed by atoms with Gasteiger partial charge in [-0.05, 0) is 47.9 Å². The van der Waals surface area contributed by atoms with Crippen molar-refractivity contribution in [3.05, 3.63) is 94.8 Å². The van der Waals surface area contributed by atoms with Gasteiger partial charge in [0.05, 0.1) is 31.5 Å². The fraction of sp³-hybridized carbons (Fsp3) is 0.240. The Bertz CT molecular complexity index is 1130. The number of nitrogens with one attached hydrogen (secondary N) is 1. The van der Waals surface area contributed by atoms with Crippen LogP contribution in [-0.4, -0.2) is 17.5 Å². The first kappa shape index (κ1) is 21.1. The van der Waals surface area contributed by atoms with E-state index in [4.69, 9.17) is 4.74 Å². The van der Waals surface area contributed by atoms with E-state index in [-0.39, 0.29) is 5.91 Å². The summed E-state index contributed by atoms with van der Waals surface area (Å²) in [5, 5.41) is 12.5. The third kappa shape index (κ3) is 4.96. The van der Waals surface area contributed by atoms with Crippen LogP contribution < -0.4 is 5.32 Å². The van der Waals surface area contributed by atoms with Crippen molar-refractivity contribution in [2.24, 2.45) is 0 Å². The third-order valence-electron chi connectivity index (χ3n) is 5.33. The molecule has 2 aromatic carbocycles. The minimum atomic E-state index is -0.740. The van der Waals surface area contributed by atoms with Crippen molar-refractivity contribution >= 4 is 17.7 Å². The second-order valence-electron chi connectivity index (χ2n) is 7.75. The summed E-state index contributed by atoms with van der Waals surface area (Å²) in [6.45, 7) is 2.98. The van der Waals surface area contributed by atoms with Gasteiger partial charge in [-0.25, -0.2) is 0 Å². The molecular formula is C25H23N3O2S. The fourth-order valence-electron chi connectivity index (χ4n) is 3.55. The van der Waals surface area contributed by atoms with Crippen LogP contribution in [-0.2, 0) is 29.1 Å². The topological polar surface area (TPSA) is 75.0 Å². The van der Waals surface area contributed by atoms with Crippen molar-refractivity contribution in [1.29, 1.82) is 5.26 Å². The number of ether oxygens (including phenoxy) is 1. The maximum atomic E-state index is 12.7. The number of aromatic nitrogens is 1. The Balaban J connectivity index is 1.40.